The van der Waals surface area contributed by atoms with Crippen LogP contribution in [0.5, 0.6) is 0 Å². The standard InChI is InChI=1S/C12H21N5O/c1-3-17-6-4-5-9(7-17)14-12(18)11-10(13)8-16(2)15-11/h8-9H,3-7,13H2,1-2H3,(H,14,18). The maximum absolute atomic E-state index is 12.1. The van der Waals surface area contributed by atoms with Crippen molar-refractivity contribution in [3.63, 3.8) is 0 Å². The van der Waals surface area contributed by atoms with Crippen molar-refractivity contribution in [2.75, 3.05) is 25.4 Å². The Bertz CT molecular complexity index is 428. The number of carbonyl (C=O) groups is 1. The zero-order valence-corrected chi connectivity index (χ0v) is 11.0. The number of nitrogen functional groups attached to an aromatic ring is 1. The van der Waals surface area contributed by atoms with Crippen LogP contribution in [0.4, 0.5) is 5.69 Å². The van der Waals surface area contributed by atoms with Crippen molar-refractivity contribution in [1.82, 2.24) is 20.0 Å². The summed E-state index contributed by atoms with van der Waals surface area (Å²) in [6.07, 6.45) is 3.79. The average molecular weight is 251 g/mol. The summed E-state index contributed by atoms with van der Waals surface area (Å²) < 4.78 is 1.56. The van der Waals surface area contributed by atoms with Gasteiger partial charge >= 0.3 is 0 Å². The van der Waals surface area contributed by atoms with Gasteiger partial charge in [0, 0.05) is 25.8 Å². The minimum absolute atomic E-state index is 0.170. The molecular weight excluding hydrogens is 230 g/mol. The summed E-state index contributed by atoms with van der Waals surface area (Å²) in [4.78, 5) is 14.4. The van der Waals surface area contributed by atoms with Gasteiger partial charge in [-0.1, -0.05) is 6.92 Å². The highest BCUT2D eigenvalue weighted by Gasteiger charge is 2.22. The predicted molar refractivity (Wildman–Crippen MR) is 70.2 cm³/mol. The molecular formula is C12H21N5O. The smallest absolute Gasteiger partial charge is 0.274 e. The molecule has 3 N–H and O–H groups in total. The molecule has 1 aliphatic heterocycles. The first-order valence-corrected chi connectivity index (χ1v) is 6.42. The summed E-state index contributed by atoms with van der Waals surface area (Å²) in [6, 6.07) is 0.201. The SMILES string of the molecule is CCN1CCCC(NC(=O)c2nn(C)cc2N)C1. The van der Waals surface area contributed by atoms with Gasteiger partial charge in [-0.2, -0.15) is 5.10 Å². The summed E-state index contributed by atoms with van der Waals surface area (Å²) in [5, 5.41) is 7.10. The minimum Gasteiger partial charge on any atom is -0.396 e. The van der Waals surface area contributed by atoms with Crippen molar-refractivity contribution in [2.24, 2.45) is 7.05 Å². The molecule has 2 rings (SSSR count). The number of nitrogens with zero attached hydrogens (tertiary/aromatic N) is 3. The molecule has 1 amide bonds. The first kappa shape index (κ1) is 12.9. The molecule has 0 spiro atoms. The van der Waals surface area contributed by atoms with Crippen molar-refractivity contribution in [1.29, 1.82) is 0 Å². The number of likely N-dealkylation sites (tertiary alicyclic amines) is 1. The van der Waals surface area contributed by atoms with Crippen molar-refractivity contribution in [2.45, 2.75) is 25.8 Å². The monoisotopic (exact) mass is 251 g/mol. The highest BCUT2D eigenvalue weighted by Crippen LogP contribution is 2.12. The summed E-state index contributed by atoms with van der Waals surface area (Å²) in [5.41, 5.74) is 6.50. The quantitative estimate of drug-likeness (QED) is 0.805. The number of amides is 1. The lowest BCUT2D eigenvalue weighted by molar-refractivity contribution is 0.0901. The highest BCUT2D eigenvalue weighted by molar-refractivity contribution is 5.97. The topological polar surface area (TPSA) is 76.2 Å². The van der Waals surface area contributed by atoms with Crippen LogP contribution in [0.15, 0.2) is 6.20 Å². The van der Waals surface area contributed by atoms with E-state index in [2.05, 4.69) is 22.2 Å². The van der Waals surface area contributed by atoms with Crippen LogP contribution in [0.2, 0.25) is 0 Å². The second-order valence-electron chi connectivity index (χ2n) is 4.81. The van der Waals surface area contributed by atoms with Gasteiger partial charge in [-0.05, 0) is 25.9 Å². The summed E-state index contributed by atoms with van der Waals surface area (Å²) in [5.74, 6) is -0.170. The molecule has 0 bridgehead atoms. The van der Waals surface area contributed by atoms with E-state index in [4.69, 9.17) is 5.73 Å². The van der Waals surface area contributed by atoms with Gasteiger partial charge < -0.3 is 16.0 Å². The van der Waals surface area contributed by atoms with E-state index in [1.807, 2.05) is 0 Å². The molecule has 100 valence electrons. The Hall–Kier alpha value is -1.56. The molecule has 1 saturated heterocycles. The fourth-order valence-electron chi connectivity index (χ4n) is 2.40. The van der Waals surface area contributed by atoms with E-state index in [0.717, 1.165) is 32.5 Å². The molecule has 0 aromatic carbocycles. The Kier molecular flexibility index (Phi) is 3.86. The Labute approximate surface area is 107 Å². The number of nitrogens with two attached hydrogens (primary N) is 1. The Morgan fingerprint density at radius 1 is 1.67 bits per heavy atom. The van der Waals surface area contributed by atoms with Crippen LogP contribution in [0, 0.1) is 0 Å². The Morgan fingerprint density at radius 2 is 2.44 bits per heavy atom. The second kappa shape index (κ2) is 5.39. The molecule has 1 aromatic heterocycles. The first-order chi connectivity index (χ1) is 8.60. The molecule has 0 aliphatic carbocycles. The van der Waals surface area contributed by atoms with Gasteiger partial charge in [-0.15, -0.1) is 0 Å². The molecule has 1 unspecified atom stereocenters. The van der Waals surface area contributed by atoms with E-state index in [1.165, 1.54) is 0 Å². The summed E-state index contributed by atoms with van der Waals surface area (Å²) >= 11 is 0. The van der Waals surface area contributed by atoms with E-state index >= 15 is 0 Å². The molecule has 1 aliphatic rings. The van der Waals surface area contributed by atoms with Gasteiger partial charge in [0.1, 0.15) is 0 Å². The average Bonchev–Trinajstić information content (AvgIpc) is 2.69. The number of carbonyl (C=O) groups excluding carboxylic acids is 1. The van der Waals surface area contributed by atoms with E-state index in [0.29, 0.717) is 11.4 Å². The lowest BCUT2D eigenvalue weighted by Gasteiger charge is -2.32. The maximum atomic E-state index is 12.1. The van der Waals surface area contributed by atoms with Crippen LogP contribution in [0.3, 0.4) is 0 Å². The van der Waals surface area contributed by atoms with Crippen LogP contribution in [-0.4, -0.2) is 46.3 Å². The molecule has 6 nitrogen and oxygen atoms in total. The lowest BCUT2D eigenvalue weighted by atomic mass is 10.1. The molecule has 1 fully saturated rings. The fraction of sp³-hybridized carbons (Fsp3) is 0.667. The first-order valence-electron chi connectivity index (χ1n) is 6.42. The van der Waals surface area contributed by atoms with Crippen LogP contribution >= 0.6 is 0 Å². The molecule has 18 heavy (non-hydrogen) atoms. The summed E-state index contributed by atoms with van der Waals surface area (Å²) in [7, 11) is 1.76. The second-order valence-corrected chi connectivity index (χ2v) is 4.81. The zero-order chi connectivity index (χ0) is 13.1. The number of aryl methyl sites for hydroxylation is 1. The number of aromatic nitrogens is 2. The van der Waals surface area contributed by atoms with E-state index < -0.39 is 0 Å². The van der Waals surface area contributed by atoms with Crippen molar-refractivity contribution in [3.05, 3.63) is 11.9 Å². The minimum atomic E-state index is -0.170. The highest BCUT2D eigenvalue weighted by atomic mass is 16.2. The van der Waals surface area contributed by atoms with E-state index in [-0.39, 0.29) is 11.9 Å². The van der Waals surface area contributed by atoms with Gasteiger partial charge in [-0.3, -0.25) is 9.48 Å². The molecule has 6 heteroatoms. The van der Waals surface area contributed by atoms with Crippen LogP contribution < -0.4 is 11.1 Å². The number of nitrogens with one attached hydrogen (secondary N) is 1. The number of likely N-dealkylation sites (N-methyl/N-ethyl adjacent to an activating group) is 1. The predicted octanol–water partition coefficient (Wildman–Crippen LogP) is 0.216. The van der Waals surface area contributed by atoms with Crippen LogP contribution in [-0.2, 0) is 7.05 Å². The summed E-state index contributed by atoms with van der Waals surface area (Å²) in [6.45, 7) is 5.20. The van der Waals surface area contributed by atoms with Crippen molar-refractivity contribution < 1.29 is 4.79 Å². The van der Waals surface area contributed by atoms with Gasteiger partial charge in [0.05, 0.1) is 5.69 Å². The maximum Gasteiger partial charge on any atom is 0.274 e. The van der Waals surface area contributed by atoms with Gasteiger partial charge in [-0.25, -0.2) is 0 Å². The van der Waals surface area contributed by atoms with E-state index in [9.17, 15) is 4.79 Å². The van der Waals surface area contributed by atoms with Gasteiger partial charge in [0.25, 0.3) is 5.91 Å². The number of rotatable bonds is 3. The van der Waals surface area contributed by atoms with Gasteiger partial charge in [0.15, 0.2) is 5.69 Å². The zero-order valence-electron chi connectivity index (χ0n) is 11.0. The largest absolute Gasteiger partial charge is 0.396 e. The third-order valence-corrected chi connectivity index (χ3v) is 3.36. The molecule has 2 heterocycles. The van der Waals surface area contributed by atoms with Crippen molar-refractivity contribution in [3.8, 4) is 0 Å². The van der Waals surface area contributed by atoms with Crippen LogP contribution in [0.1, 0.15) is 30.3 Å². The lowest BCUT2D eigenvalue weighted by Crippen LogP contribution is -2.47. The number of hydrogen-bond donors (Lipinski definition) is 2. The number of hydrogen-bond acceptors (Lipinski definition) is 4. The Balaban J connectivity index is 1.97. The number of anilines is 1. The van der Waals surface area contributed by atoms with Gasteiger partial charge in [0.2, 0.25) is 0 Å². The van der Waals surface area contributed by atoms with Crippen molar-refractivity contribution >= 4 is 11.6 Å². The third kappa shape index (κ3) is 2.81. The molecule has 0 radical (unpaired) electrons. The normalized spacial score (nSPS) is 20.9. The third-order valence-electron chi connectivity index (χ3n) is 3.36. The van der Waals surface area contributed by atoms with Crippen LogP contribution in [0.25, 0.3) is 0 Å². The van der Waals surface area contributed by atoms with E-state index in [1.54, 1.807) is 17.9 Å². The molecule has 0 saturated carbocycles. The fourth-order valence-corrected chi connectivity index (χ4v) is 2.40. The molecule has 1 aromatic rings. The molecule has 1 atom stereocenters. The Morgan fingerprint density at radius 3 is 3.06 bits per heavy atom. The number of piperidine rings is 1.